The largest absolute Gasteiger partial charge is 0.490 e. The van der Waals surface area contributed by atoms with E-state index in [4.69, 9.17) is 9.90 Å². The van der Waals surface area contributed by atoms with E-state index in [0.29, 0.717) is 0 Å². The Kier molecular flexibility index (Phi) is 4.09. The third-order valence-electron chi connectivity index (χ3n) is 1.90. The van der Waals surface area contributed by atoms with E-state index in [1.165, 1.54) is 10.8 Å². The smallest absolute Gasteiger partial charge is 0.475 e. The van der Waals surface area contributed by atoms with Gasteiger partial charge >= 0.3 is 12.1 Å². The minimum absolute atomic E-state index is 1.31. The van der Waals surface area contributed by atoms with Crippen molar-refractivity contribution < 1.29 is 23.1 Å². The zero-order valence-corrected chi connectivity index (χ0v) is 8.61. The van der Waals surface area contributed by atoms with E-state index in [9.17, 15) is 13.2 Å². The fraction of sp³-hybridized carbons (Fsp3) is 0.0833. The maximum atomic E-state index is 10.6. The Balaban J connectivity index is 0.000000185. The second kappa shape index (κ2) is 5.34. The monoisotopic (exact) mass is 242 g/mol. The molecule has 2 nitrogen and oxygen atoms in total. The fourth-order valence-corrected chi connectivity index (χ4v) is 1.13. The van der Waals surface area contributed by atoms with Crippen molar-refractivity contribution in [3.63, 3.8) is 0 Å². The second-order valence-corrected chi connectivity index (χ2v) is 3.15. The van der Waals surface area contributed by atoms with Crippen LogP contribution in [0.5, 0.6) is 0 Å². The molecule has 0 unspecified atom stereocenters. The number of aliphatic carboxylic acids is 1. The summed E-state index contributed by atoms with van der Waals surface area (Å²) in [6, 6.07) is 16.7. The van der Waals surface area contributed by atoms with Gasteiger partial charge in [-0.25, -0.2) is 4.79 Å². The lowest BCUT2D eigenvalue weighted by atomic mass is 10.1. The van der Waals surface area contributed by atoms with Crippen LogP contribution in [0.1, 0.15) is 0 Å². The number of benzene rings is 2. The van der Waals surface area contributed by atoms with Crippen LogP contribution >= 0.6 is 0 Å². The molecule has 90 valence electrons. The summed E-state index contributed by atoms with van der Waals surface area (Å²) >= 11 is 0. The number of fused-ring (bicyclic) bond motifs is 1. The lowest BCUT2D eigenvalue weighted by Crippen LogP contribution is -2.21. The van der Waals surface area contributed by atoms with Crippen molar-refractivity contribution in [1.82, 2.24) is 0 Å². The number of carboxylic acids is 1. The Labute approximate surface area is 95.3 Å². The van der Waals surface area contributed by atoms with Gasteiger partial charge in [0.15, 0.2) is 0 Å². The Morgan fingerprint density at radius 2 is 1.12 bits per heavy atom. The molecule has 2 aromatic rings. The van der Waals surface area contributed by atoms with Crippen LogP contribution in [0.2, 0.25) is 0 Å². The average molecular weight is 242 g/mol. The third kappa shape index (κ3) is 4.14. The number of hydrogen-bond donors (Lipinski definition) is 1. The highest BCUT2D eigenvalue weighted by molar-refractivity contribution is 5.82. The van der Waals surface area contributed by atoms with Crippen LogP contribution in [0.15, 0.2) is 48.5 Å². The first-order chi connectivity index (χ1) is 7.91. The Morgan fingerprint density at radius 3 is 1.29 bits per heavy atom. The quantitative estimate of drug-likeness (QED) is 0.768. The van der Waals surface area contributed by atoms with Crippen LogP contribution < -0.4 is 0 Å². The van der Waals surface area contributed by atoms with Crippen molar-refractivity contribution in [2.75, 3.05) is 0 Å². The molecular weight excluding hydrogens is 233 g/mol. The summed E-state index contributed by atoms with van der Waals surface area (Å²) in [7, 11) is 0. The molecule has 0 heterocycles. The maximum absolute atomic E-state index is 10.6. The molecule has 0 saturated carbocycles. The predicted octanol–water partition coefficient (Wildman–Crippen LogP) is 3.47. The molecule has 0 bridgehead atoms. The van der Waals surface area contributed by atoms with Crippen LogP contribution in [-0.2, 0) is 4.79 Å². The van der Waals surface area contributed by atoms with Gasteiger partial charge in [-0.05, 0) is 10.8 Å². The van der Waals surface area contributed by atoms with E-state index in [-0.39, 0.29) is 0 Å². The number of halogens is 3. The molecule has 2 aromatic carbocycles. The molecule has 0 aliphatic carbocycles. The Bertz CT molecular complexity index is 441. The fourth-order valence-electron chi connectivity index (χ4n) is 1.13. The maximum Gasteiger partial charge on any atom is 0.490 e. The van der Waals surface area contributed by atoms with E-state index in [0.717, 1.165) is 0 Å². The van der Waals surface area contributed by atoms with Crippen LogP contribution in [0.4, 0.5) is 13.2 Å². The first kappa shape index (κ1) is 13.0. The molecule has 0 atom stereocenters. The first-order valence-electron chi connectivity index (χ1n) is 4.65. The number of alkyl halides is 3. The minimum atomic E-state index is -5.08. The summed E-state index contributed by atoms with van der Waals surface area (Å²) in [5.74, 6) is -2.76. The Hall–Kier alpha value is -2.04. The summed E-state index contributed by atoms with van der Waals surface area (Å²) in [6.45, 7) is 0. The number of carboxylic acid groups (broad SMARTS) is 1. The van der Waals surface area contributed by atoms with E-state index < -0.39 is 12.1 Å². The zero-order valence-electron chi connectivity index (χ0n) is 8.61. The van der Waals surface area contributed by atoms with Gasteiger partial charge in [-0.15, -0.1) is 0 Å². The van der Waals surface area contributed by atoms with Gasteiger partial charge < -0.3 is 5.11 Å². The molecule has 5 heteroatoms. The Morgan fingerprint density at radius 1 is 0.882 bits per heavy atom. The van der Waals surface area contributed by atoms with E-state index in [1.807, 2.05) is 0 Å². The second-order valence-electron chi connectivity index (χ2n) is 3.15. The number of carbonyl (C=O) groups is 1. The third-order valence-corrected chi connectivity index (χ3v) is 1.90. The highest BCUT2D eigenvalue weighted by Gasteiger charge is 2.38. The molecule has 0 saturated heterocycles. The van der Waals surface area contributed by atoms with Gasteiger partial charge in [0.2, 0.25) is 0 Å². The van der Waals surface area contributed by atoms with Crippen molar-refractivity contribution in [2.24, 2.45) is 0 Å². The highest BCUT2D eigenvalue weighted by Crippen LogP contribution is 2.13. The standard InChI is InChI=1S/C10H8.C2HF3O2/c1-2-6-10-8-4-3-7-9(10)5-1;3-2(4,5)1(6)7/h1-8H;(H,6,7). The highest BCUT2D eigenvalue weighted by atomic mass is 19.4. The van der Waals surface area contributed by atoms with Gasteiger partial charge in [-0.1, -0.05) is 48.5 Å². The molecule has 0 radical (unpaired) electrons. The van der Waals surface area contributed by atoms with Crippen molar-refractivity contribution in [3.05, 3.63) is 48.5 Å². The summed E-state index contributed by atoms with van der Waals surface area (Å²) in [5, 5.41) is 9.75. The lowest BCUT2D eigenvalue weighted by molar-refractivity contribution is -0.192. The summed E-state index contributed by atoms with van der Waals surface area (Å²) in [5.41, 5.74) is 0. The minimum Gasteiger partial charge on any atom is -0.475 e. The zero-order chi connectivity index (χ0) is 12.9. The molecule has 2 rings (SSSR count). The average Bonchev–Trinajstić information content (AvgIpc) is 2.29. The number of rotatable bonds is 0. The van der Waals surface area contributed by atoms with E-state index in [2.05, 4.69) is 48.5 Å². The van der Waals surface area contributed by atoms with Crippen molar-refractivity contribution in [3.8, 4) is 0 Å². The van der Waals surface area contributed by atoms with Crippen molar-refractivity contribution in [1.29, 1.82) is 0 Å². The molecule has 0 fully saturated rings. The van der Waals surface area contributed by atoms with Crippen LogP contribution in [0.3, 0.4) is 0 Å². The van der Waals surface area contributed by atoms with Crippen molar-refractivity contribution >= 4 is 16.7 Å². The molecular formula is C12H9F3O2. The lowest BCUT2D eigenvalue weighted by Gasteiger charge is -1.93. The van der Waals surface area contributed by atoms with E-state index in [1.54, 1.807) is 0 Å². The molecule has 0 aliphatic heterocycles. The normalized spacial score (nSPS) is 10.5. The summed E-state index contributed by atoms with van der Waals surface area (Å²) in [4.78, 5) is 8.90. The summed E-state index contributed by atoms with van der Waals surface area (Å²) in [6.07, 6.45) is -5.08. The van der Waals surface area contributed by atoms with Crippen molar-refractivity contribution in [2.45, 2.75) is 6.18 Å². The van der Waals surface area contributed by atoms with Gasteiger partial charge in [0.05, 0.1) is 0 Å². The SMILES string of the molecule is O=C(O)C(F)(F)F.c1ccc2ccccc2c1. The van der Waals surface area contributed by atoms with Gasteiger partial charge in [0.25, 0.3) is 0 Å². The molecule has 17 heavy (non-hydrogen) atoms. The molecule has 0 aliphatic rings. The molecule has 1 N–H and O–H groups in total. The first-order valence-corrected chi connectivity index (χ1v) is 4.65. The van der Waals surface area contributed by atoms with Gasteiger partial charge in [0.1, 0.15) is 0 Å². The molecule has 0 amide bonds. The van der Waals surface area contributed by atoms with E-state index >= 15 is 0 Å². The van der Waals surface area contributed by atoms with Gasteiger partial charge in [-0.3, -0.25) is 0 Å². The van der Waals surface area contributed by atoms with Crippen LogP contribution in [-0.4, -0.2) is 17.3 Å². The summed E-state index contributed by atoms with van der Waals surface area (Å²) < 4.78 is 31.7. The van der Waals surface area contributed by atoms with Gasteiger partial charge in [0, 0.05) is 0 Å². The topological polar surface area (TPSA) is 37.3 Å². The predicted molar refractivity (Wildman–Crippen MR) is 57.6 cm³/mol. The van der Waals surface area contributed by atoms with Gasteiger partial charge in [-0.2, -0.15) is 13.2 Å². The van der Waals surface area contributed by atoms with Crippen LogP contribution in [0.25, 0.3) is 10.8 Å². The molecule has 0 aromatic heterocycles. The number of hydrogen-bond acceptors (Lipinski definition) is 1. The van der Waals surface area contributed by atoms with Crippen LogP contribution in [0, 0.1) is 0 Å². The molecule has 0 spiro atoms.